The third kappa shape index (κ3) is 2.30. The van der Waals surface area contributed by atoms with Crippen molar-refractivity contribution in [2.45, 2.75) is 0 Å². The zero-order chi connectivity index (χ0) is 13.1. The second-order valence-corrected chi connectivity index (χ2v) is 3.98. The van der Waals surface area contributed by atoms with Gasteiger partial charge in [0.15, 0.2) is 6.61 Å². The number of rotatable bonds is 3. The molecule has 0 aliphatic carbocycles. The third-order valence-electron chi connectivity index (χ3n) is 2.74. The van der Waals surface area contributed by atoms with E-state index in [0.717, 1.165) is 10.9 Å². The fraction of sp³-hybridized carbons (Fsp3) is 0.0714. The molecule has 3 aromatic rings. The first-order chi connectivity index (χ1) is 9.34. The van der Waals surface area contributed by atoms with Crippen molar-refractivity contribution < 1.29 is 9.53 Å². The van der Waals surface area contributed by atoms with Gasteiger partial charge in [0, 0.05) is 24.0 Å². The second kappa shape index (κ2) is 4.89. The minimum absolute atomic E-state index is 0.0496. The maximum absolute atomic E-state index is 11.8. The maximum atomic E-state index is 11.8. The Morgan fingerprint density at radius 2 is 2.11 bits per heavy atom. The number of nitrogens with zero attached hydrogens (tertiary/aromatic N) is 3. The van der Waals surface area contributed by atoms with E-state index in [1.807, 2.05) is 24.3 Å². The largest absolute Gasteiger partial charge is 0.481 e. The third-order valence-corrected chi connectivity index (χ3v) is 2.74. The summed E-state index contributed by atoms with van der Waals surface area (Å²) in [5.41, 5.74) is 0.753. The molecule has 3 rings (SSSR count). The minimum atomic E-state index is -0.176. The van der Waals surface area contributed by atoms with Crippen LogP contribution in [0.4, 0.5) is 0 Å². The van der Waals surface area contributed by atoms with Crippen LogP contribution in [0.2, 0.25) is 0 Å². The molecule has 0 saturated carbocycles. The number of aromatic nitrogens is 3. The van der Waals surface area contributed by atoms with Gasteiger partial charge in [-0.25, -0.2) is 4.98 Å². The van der Waals surface area contributed by atoms with Crippen molar-refractivity contribution in [1.82, 2.24) is 14.5 Å². The second-order valence-electron chi connectivity index (χ2n) is 3.98. The number of pyridine rings is 1. The number of benzene rings is 1. The Bertz CT molecular complexity index is 702. The number of ether oxygens (including phenoxy) is 1. The summed E-state index contributed by atoms with van der Waals surface area (Å²) in [6.07, 6.45) is 6.30. The smallest absolute Gasteiger partial charge is 0.269 e. The van der Waals surface area contributed by atoms with E-state index in [1.165, 1.54) is 10.9 Å². The van der Waals surface area contributed by atoms with Crippen molar-refractivity contribution in [2.75, 3.05) is 6.61 Å². The molecule has 0 spiro atoms. The molecule has 5 heteroatoms. The number of hydrogen-bond acceptors (Lipinski definition) is 4. The molecule has 0 radical (unpaired) electrons. The predicted molar refractivity (Wildman–Crippen MR) is 70.1 cm³/mol. The number of imidazole rings is 1. The molecule has 1 aromatic carbocycles. The van der Waals surface area contributed by atoms with Crippen LogP contribution in [0.5, 0.6) is 5.75 Å². The first-order valence-corrected chi connectivity index (χ1v) is 5.82. The molecular weight excluding hydrogens is 242 g/mol. The summed E-state index contributed by atoms with van der Waals surface area (Å²) >= 11 is 0. The van der Waals surface area contributed by atoms with Gasteiger partial charge in [0.2, 0.25) is 0 Å². The SMILES string of the molecule is O=C(COc1cccc2cccnc12)n1ccnc1. The van der Waals surface area contributed by atoms with E-state index in [9.17, 15) is 4.79 Å². The Morgan fingerprint density at radius 1 is 1.21 bits per heavy atom. The summed E-state index contributed by atoms with van der Waals surface area (Å²) < 4.78 is 6.93. The van der Waals surface area contributed by atoms with Gasteiger partial charge in [-0.15, -0.1) is 0 Å². The van der Waals surface area contributed by atoms with Gasteiger partial charge in [0.25, 0.3) is 5.91 Å². The van der Waals surface area contributed by atoms with Crippen molar-refractivity contribution >= 4 is 16.8 Å². The van der Waals surface area contributed by atoms with Crippen molar-refractivity contribution in [2.24, 2.45) is 0 Å². The zero-order valence-corrected chi connectivity index (χ0v) is 10.1. The van der Waals surface area contributed by atoms with Crippen LogP contribution in [0.1, 0.15) is 4.79 Å². The Balaban J connectivity index is 1.81. The lowest BCUT2D eigenvalue weighted by Crippen LogP contribution is -2.17. The summed E-state index contributed by atoms with van der Waals surface area (Å²) in [5, 5.41) is 0.982. The number of fused-ring (bicyclic) bond motifs is 1. The van der Waals surface area contributed by atoms with Crippen LogP contribution in [0.25, 0.3) is 10.9 Å². The molecule has 0 bridgehead atoms. The van der Waals surface area contributed by atoms with E-state index >= 15 is 0 Å². The van der Waals surface area contributed by atoms with Crippen LogP contribution in [0.15, 0.2) is 55.2 Å². The van der Waals surface area contributed by atoms with Crippen LogP contribution in [0.3, 0.4) is 0 Å². The molecule has 0 fully saturated rings. The van der Waals surface area contributed by atoms with Crippen LogP contribution in [-0.4, -0.2) is 27.0 Å². The summed E-state index contributed by atoms with van der Waals surface area (Å²) in [4.78, 5) is 19.9. The fourth-order valence-electron chi connectivity index (χ4n) is 1.81. The Morgan fingerprint density at radius 3 is 2.95 bits per heavy atom. The summed E-state index contributed by atoms with van der Waals surface area (Å²) in [6.45, 7) is -0.0496. The summed E-state index contributed by atoms with van der Waals surface area (Å²) in [7, 11) is 0. The lowest BCUT2D eigenvalue weighted by Gasteiger charge is -2.07. The molecule has 5 nitrogen and oxygen atoms in total. The highest BCUT2D eigenvalue weighted by molar-refractivity contribution is 5.85. The molecule has 0 unspecified atom stereocenters. The summed E-state index contributed by atoms with van der Waals surface area (Å²) in [6, 6.07) is 9.44. The lowest BCUT2D eigenvalue weighted by atomic mass is 10.2. The molecule has 0 amide bonds. The quantitative estimate of drug-likeness (QED) is 0.717. The number of carbonyl (C=O) groups excluding carboxylic acids is 1. The molecular formula is C14H11N3O2. The van der Waals surface area contributed by atoms with Gasteiger partial charge >= 0.3 is 0 Å². The molecule has 0 saturated heterocycles. The van der Waals surface area contributed by atoms with Crippen LogP contribution in [0, 0.1) is 0 Å². The van der Waals surface area contributed by atoms with Crippen molar-refractivity contribution in [3.8, 4) is 5.75 Å². The molecule has 2 aromatic heterocycles. The highest BCUT2D eigenvalue weighted by atomic mass is 16.5. The Hall–Kier alpha value is -2.69. The topological polar surface area (TPSA) is 57.0 Å². The first kappa shape index (κ1) is 11.4. The molecule has 19 heavy (non-hydrogen) atoms. The van der Waals surface area contributed by atoms with E-state index in [0.29, 0.717) is 5.75 Å². The monoisotopic (exact) mass is 253 g/mol. The first-order valence-electron chi connectivity index (χ1n) is 5.82. The van der Waals surface area contributed by atoms with E-state index in [-0.39, 0.29) is 12.5 Å². The van der Waals surface area contributed by atoms with Crippen molar-refractivity contribution in [1.29, 1.82) is 0 Å². The Labute approximate surface area is 109 Å². The van der Waals surface area contributed by atoms with Crippen molar-refractivity contribution in [3.63, 3.8) is 0 Å². The van der Waals surface area contributed by atoms with Crippen LogP contribution in [-0.2, 0) is 0 Å². The highest BCUT2D eigenvalue weighted by Crippen LogP contribution is 2.22. The van der Waals surface area contributed by atoms with Gasteiger partial charge in [-0.05, 0) is 12.1 Å². The summed E-state index contributed by atoms with van der Waals surface area (Å²) in [5.74, 6) is 0.428. The van der Waals surface area contributed by atoms with Crippen LogP contribution >= 0.6 is 0 Å². The normalized spacial score (nSPS) is 10.5. The van der Waals surface area contributed by atoms with E-state index in [1.54, 1.807) is 24.7 Å². The molecule has 0 atom stereocenters. The lowest BCUT2D eigenvalue weighted by molar-refractivity contribution is 0.0838. The van der Waals surface area contributed by atoms with E-state index < -0.39 is 0 Å². The molecule has 0 aliphatic rings. The average molecular weight is 253 g/mol. The van der Waals surface area contributed by atoms with E-state index in [4.69, 9.17) is 4.74 Å². The van der Waals surface area contributed by atoms with Gasteiger partial charge in [-0.1, -0.05) is 18.2 Å². The van der Waals surface area contributed by atoms with Crippen molar-refractivity contribution in [3.05, 3.63) is 55.2 Å². The number of carbonyl (C=O) groups is 1. The zero-order valence-electron chi connectivity index (χ0n) is 10.1. The molecule has 94 valence electrons. The predicted octanol–water partition coefficient (Wildman–Crippen LogP) is 2.15. The molecule has 2 heterocycles. The maximum Gasteiger partial charge on any atom is 0.269 e. The molecule has 0 aliphatic heterocycles. The molecule has 0 N–H and O–H groups in total. The van der Waals surface area contributed by atoms with Gasteiger partial charge in [-0.3, -0.25) is 14.3 Å². The van der Waals surface area contributed by atoms with Gasteiger partial charge in [-0.2, -0.15) is 0 Å². The number of hydrogen-bond donors (Lipinski definition) is 0. The average Bonchev–Trinajstić information content (AvgIpc) is 2.99. The number of para-hydroxylation sites is 1. The van der Waals surface area contributed by atoms with Gasteiger partial charge in [0.05, 0.1) is 0 Å². The highest BCUT2D eigenvalue weighted by Gasteiger charge is 2.07. The fourth-order valence-corrected chi connectivity index (χ4v) is 1.81. The van der Waals surface area contributed by atoms with Crippen LogP contribution < -0.4 is 4.74 Å². The minimum Gasteiger partial charge on any atom is -0.481 e. The van der Waals surface area contributed by atoms with Gasteiger partial charge in [0.1, 0.15) is 17.6 Å². The van der Waals surface area contributed by atoms with Gasteiger partial charge < -0.3 is 4.74 Å². The standard InChI is InChI=1S/C14H11N3O2/c18-13(17-8-7-15-10-17)9-19-12-5-1-3-11-4-2-6-16-14(11)12/h1-8,10H,9H2. The Kier molecular flexibility index (Phi) is 2.94. The van der Waals surface area contributed by atoms with E-state index in [2.05, 4.69) is 9.97 Å².